The van der Waals surface area contributed by atoms with Crippen molar-refractivity contribution >= 4 is 11.5 Å². The van der Waals surface area contributed by atoms with Gasteiger partial charge in [0.15, 0.2) is 11.5 Å². The number of carbonyl (C=O) groups excluding carboxylic acids is 1. The molecule has 0 aromatic heterocycles. The molecule has 0 radical (unpaired) electrons. The summed E-state index contributed by atoms with van der Waals surface area (Å²) in [7, 11) is 4.32. The van der Waals surface area contributed by atoms with Crippen LogP contribution >= 0.6 is 0 Å². The molecular formula is C19H19FO4. The summed E-state index contributed by atoms with van der Waals surface area (Å²) in [5.41, 5.74) is 2.31. The Kier molecular flexibility index (Phi) is 5.58. The molecule has 0 spiro atoms. The Balaban J connectivity index is 2.69. The first-order valence-electron chi connectivity index (χ1n) is 7.29. The van der Waals surface area contributed by atoms with E-state index in [1.54, 1.807) is 37.3 Å². The smallest absolute Gasteiger partial charge is 0.330 e. The fourth-order valence-corrected chi connectivity index (χ4v) is 2.39. The lowest BCUT2D eigenvalue weighted by Crippen LogP contribution is -1.99. The van der Waals surface area contributed by atoms with Crippen LogP contribution in [-0.4, -0.2) is 27.3 Å². The number of carbonyl (C=O) groups is 1. The van der Waals surface area contributed by atoms with E-state index in [9.17, 15) is 9.18 Å². The lowest BCUT2D eigenvalue weighted by Gasteiger charge is -2.16. The average Bonchev–Trinajstić information content (AvgIpc) is 2.60. The number of hydrogen-bond donors (Lipinski definition) is 0. The van der Waals surface area contributed by atoms with Crippen LogP contribution in [0.5, 0.6) is 11.5 Å². The van der Waals surface area contributed by atoms with Crippen LogP contribution < -0.4 is 9.47 Å². The zero-order valence-electron chi connectivity index (χ0n) is 14.1. The lowest BCUT2D eigenvalue weighted by atomic mass is 9.97. The standard InChI is InChI=1S/C19H19FO4/c1-12(9-18(21)23-3)13-10-15(14-7-5-6-8-16(14)20)19(24-4)17(11-13)22-2/h5-11H,1-4H3/b12-9+. The molecule has 4 nitrogen and oxygen atoms in total. The maximum absolute atomic E-state index is 14.2. The number of methoxy groups -OCH3 is 3. The van der Waals surface area contributed by atoms with Crippen LogP contribution in [-0.2, 0) is 9.53 Å². The number of esters is 1. The van der Waals surface area contributed by atoms with Crippen molar-refractivity contribution in [3.8, 4) is 22.6 Å². The van der Waals surface area contributed by atoms with Gasteiger partial charge in [-0.05, 0) is 36.3 Å². The van der Waals surface area contributed by atoms with Crippen LogP contribution in [0.25, 0.3) is 16.7 Å². The largest absolute Gasteiger partial charge is 0.493 e. The van der Waals surface area contributed by atoms with E-state index in [1.165, 1.54) is 33.5 Å². The van der Waals surface area contributed by atoms with Crippen LogP contribution in [0.4, 0.5) is 4.39 Å². The van der Waals surface area contributed by atoms with E-state index in [2.05, 4.69) is 4.74 Å². The van der Waals surface area contributed by atoms with Crippen LogP contribution in [0.1, 0.15) is 12.5 Å². The van der Waals surface area contributed by atoms with E-state index in [-0.39, 0.29) is 5.82 Å². The molecule has 2 aromatic rings. The Labute approximate surface area is 140 Å². The van der Waals surface area contributed by atoms with Crippen LogP contribution in [0.15, 0.2) is 42.5 Å². The van der Waals surface area contributed by atoms with Gasteiger partial charge in [-0.3, -0.25) is 0 Å². The highest BCUT2D eigenvalue weighted by Gasteiger charge is 2.17. The molecule has 0 saturated carbocycles. The van der Waals surface area contributed by atoms with Gasteiger partial charge < -0.3 is 14.2 Å². The second-order valence-corrected chi connectivity index (χ2v) is 5.09. The highest BCUT2D eigenvalue weighted by atomic mass is 19.1. The molecule has 0 bridgehead atoms. The predicted molar refractivity (Wildman–Crippen MR) is 90.6 cm³/mol. The molecule has 24 heavy (non-hydrogen) atoms. The summed E-state index contributed by atoms with van der Waals surface area (Å²) >= 11 is 0. The van der Waals surface area contributed by atoms with E-state index >= 15 is 0 Å². The first-order valence-corrected chi connectivity index (χ1v) is 7.29. The normalized spacial score (nSPS) is 11.1. The SMILES string of the molecule is COC(=O)/C=C(\C)c1cc(OC)c(OC)c(-c2ccccc2F)c1. The fraction of sp³-hybridized carbons (Fsp3) is 0.211. The Morgan fingerprint density at radius 2 is 1.75 bits per heavy atom. The molecule has 0 saturated heterocycles. The molecule has 0 N–H and O–H groups in total. The molecule has 0 unspecified atom stereocenters. The van der Waals surface area contributed by atoms with Gasteiger partial charge in [-0.2, -0.15) is 0 Å². The predicted octanol–water partition coefficient (Wildman–Crippen LogP) is 4.09. The highest BCUT2D eigenvalue weighted by molar-refractivity contribution is 5.92. The van der Waals surface area contributed by atoms with Crippen LogP contribution in [0.3, 0.4) is 0 Å². The Morgan fingerprint density at radius 1 is 1.04 bits per heavy atom. The van der Waals surface area contributed by atoms with Crippen molar-refractivity contribution in [2.45, 2.75) is 6.92 Å². The summed E-state index contributed by atoms with van der Waals surface area (Å²) in [6.45, 7) is 1.77. The summed E-state index contributed by atoms with van der Waals surface area (Å²) in [5, 5.41) is 0. The summed E-state index contributed by atoms with van der Waals surface area (Å²) in [6, 6.07) is 9.90. The zero-order valence-corrected chi connectivity index (χ0v) is 14.1. The van der Waals surface area contributed by atoms with E-state index in [0.29, 0.717) is 33.8 Å². The summed E-state index contributed by atoms with van der Waals surface area (Å²) in [5.74, 6) is 0.0439. The molecule has 0 aliphatic carbocycles. The van der Waals surface area contributed by atoms with Crippen molar-refractivity contribution in [3.05, 3.63) is 53.9 Å². The number of hydrogen-bond acceptors (Lipinski definition) is 4. The molecule has 0 fully saturated rings. The molecule has 0 aliphatic rings. The molecular weight excluding hydrogens is 311 g/mol. The van der Waals surface area contributed by atoms with Gasteiger partial charge in [0.1, 0.15) is 5.82 Å². The third-order valence-electron chi connectivity index (χ3n) is 3.63. The van der Waals surface area contributed by atoms with E-state index in [0.717, 1.165) is 0 Å². The number of halogens is 1. The Bertz CT molecular complexity index is 781. The minimum absolute atomic E-state index is 0.371. The van der Waals surface area contributed by atoms with Gasteiger partial charge in [-0.25, -0.2) is 9.18 Å². The highest BCUT2D eigenvalue weighted by Crippen LogP contribution is 2.41. The molecule has 0 aliphatic heterocycles. The summed E-state index contributed by atoms with van der Waals surface area (Å²) in [6.07, 6.45) is 1.37. The quantitative estimate of drug-likeness (QED) is 0.612. The van der Waals surface area contributed by atoms with Crippen LogP contribution in [0.2, 0.25) is 0 Å². The molecule has 5 heteroatoms. The van der Waals surface area contributed by atoms with E-state index in [4.69, 9.17) is 9.47 Å². The first-order chi connectivity index (χ1) is 11.5. The number of allylic oxidation sites excluding steroid dienone is 1. The maximum atomic E-state index is 14.2. The molecule has 2 aromatic carbocycles. The maximum Gasteiger partial charge on any atom is 0.330 e. The fourth-order valence-electron chi connectivity index (χ4n) is 2.39. The zero-order chi connectivity index (χ0) is 17.7. The third-order valence-corrected chi connectivity index (χ3v) is 3.63. The van der Waals surface area contributed by atoms with Crippen molar-refractivity contribution in [1.82, 2.24) is 0 Å². The second kappa shape index (κ2) is 7.64. The second-order valence-electron chi connectivity index (χ2n) is 5.09. The van der Waals surface area contributed by atoms with Gasteiger partial charge in [0.25, 0.3) is 0 Å². The summed E-state index contributed by atoms with van der Waals surface area (Å²) in [4.78, 5) is 11.5. The van der Waals surface area contributed by atoms with Crippen molar-refractivity contribution in [3.63, 3.8) is 0 Å². The Morgan fingerprint density at radius 3 is 2.33 bits per heavy atom. The molecule has 126 valence electrons. The topological polar surface area (TPSA) is 44.8 Å². The minimum atomic E-state index is -0.463. The molecule has 0 amide bonds. The van der Waals surface area contributed by atoms with Crippen molar-refractivity contribution < 1.29 is 23.4 Å². The average molecular weight is 330 g/mol. The summed E-state index contributed by atoms with van der Waals surface area (Å²) < 4.78 is 29.7. The third kappa shape index (κ3) is 3.56. The minimum Gasteiger partial charge on any atom is -0.493 e. The van der Waals surface area contributed by atoms with E-state index in [1.807, 2.05) is 0 Å². The van der Waals surface area contributed by atoms with Gasteiger partial charge in [0.2, 0.25) is 0 Å². The van der Waals surface area contributed by atoms with Crippen molar-refractivity contribution in [2.75, 3.05) is 21.3 Å². The number of benzene rings is 2. The number of rotatable bonds is 5. The van der Waals surface area contributed by atoms with Gasteiger partial charge in [-0.15, -0.1) is 0 Å². The molecule has 0 heterocycles. The van der Waals surface area contributed by atoms with Gasteiger partial charge in [0, 0.05) is 17.2 Å². The van der Waals surface area contributed by atoms with Crippen LogP contribution in [0, 0.1) is 5.82 Å². The van der Waals surface area contributed by atoms with Crippen molar-refractivity contribution in [2.24, 2.45) is 0 Å². The molecule has 2 rings (SSSR count). The first kappa shape index (κ1) is 17.5. The van der Waals surface area contributed by atoms with Gasteiger partial charge in [0.05, 0.1) is 21.3 Å². The van der Waals surface area contributed by atoms with Gasteiger partial charge in [-0.1, -0.05) is 18.2 Å². The Hall–Kier alpha value is -2.82. The van der Waals surface area contributed by atoms with E-state index < -0.39 is 5.97 Å². The van der Waals surface area contributed by atoms with Gasteiger partial charge >= 0.3 is 5.97 Å². The monoisotopic (exact) mass is 330 g/mol. The molecule has 0 atom stereocenters. The van der Waals surface area contributed by atoms with Crippen molar-refractivity contribution in [1.29, 1.82) is 0 Å². The number of ether oxygens (including phenoxy) is 3. The lowest BCUT2D eigenvalue weighted by molar-refractivity contribution is -0.134.